The predicted molar refractivity (Wildman–Crippen MR) is 39.8 cm³/mol. The fraction of sp³-hybridized carbons (Fsp3) is 0.125. The fourth-order valence-corrected chi connectivity index (χ4v) is 1.10. The highest BCUT2D eigenvalue weighted by Crippen LogP contribution is 2.23. The largest absolute Gasteiger partial charge is 0.384 e. The monoisotopic (exact) mass is 133 g/mol. The lowest BCUT2D eigenvalue weighted by Crippen LogP contribution is -2.08. The lowest BCUT2D eigenvalue weighted by atomic mass is 10.0. The van der Waals surface area contributed by atoms with Crippen molar-refractivity contribution in [2.24, 2.45) is 4.99 Å². The average Bonchev–Trinajstić information content (AvgIpc) is 2.36. The Kier molecular flexibility index (Phi) is 1.08. The van der Waals surface area contributed by atoms with Gasteiger partial charge in [-0.3, -0.25) is 4.99 Å². The molecule has 50 valence electrons. The molecule has 1 aliphatic carbocycles. The van der Waals surface area contributed by atoms with Crippen molar-refractivity contribution in [3.8, 4) is 0 Å². The molecule has 0 radical (unpaired) electrons. The Morgan fingerprint density at radius 3 is 3.10 bits per heavy atom. The SMILES string of the molecule is O[C@@H]1C=CC=C2N=CC=C21. The molecule has 2 rings (SSSR count). The van der Waals surface area contributed by atoms with Crippen LogP contribution in [0.25, 0.3) is 0 Å². The van der Waals surface area contributed by atoms with Crippen LogP contribution in [-0.2, 0) is 0 Å². The van der Waals surface area contributed by atoms with E-state index >= 15 is 0 Å². The van der Waals surface area contributed by atoms with Crippen LogP contribution in [0.4, 0.5) is 0 Å². The quantitative estimate of drug-likeness (QED) is 0.521. The van der Waals surface area contributed by atoms with E-state index in [0.29, 0.717) is 0 Å². The minimum atomic E-state index is -0.456. The zero-order chi connectivity index (χ0) is 6.97. The number of rotatable bonds is 0. The molecule has 0 amide bonds. The molecule has 0 saturated carbocycles. The van der Waals surface area contributed by atoms with E-state index in [2.05, 4.69) is 4.99 Å². The first-order valence-corrected chi connectivity index (χ1v) is 3.19. The molecule has 0 spiro atoms. The summed E-state index contributed by atoms with van der Waals surface area (Å²) in [6.45, 7) is 0. The van der Waals surface area contributed by atoms with Crippen molar-refractivity contribution in [3.05, 3.63) is 35.6 Å². The third-order valence-electron chi connectivity index (χ3n) is 1.63. The van der Waals surface area contributed by atoms with Crippen molar-refractivity contribution in [1.82, 2.24) is 0 Å². The van der Waals surface area contributed by atoms with Crippen molar-refractivity contribution >= 4 is 6.21 Å². The Labute approximate surface area is 58.9 Å². The molecular formula is C8H7NO. The highest BCUT2D eigenvalue weighted by atomic mass is 16.3. The molecule has 0 unspecified atom stereocenters. The van der Waals surface area contributed by atoms with Gasteiger partial charge < -0.3 is 5.11 Å². The fourth-order valence-electron chi connectivity index (χ4n) is 1.10. The zero-order valence-corrected chi connectivity index (χ0v) is 5.36. The lowest BCUT2D eigenvalue weighted by molar-refractivity contribution is 0.261. The molecular weight excluding hydrogens is 126 g/mol. The number of hydrogen-bond acceptors (Lipinski definition) is 2. The number of allylic oxidation sites excluding steroid dienone is 3. The standard InChI is InChI=1S/C8H7NO/c10-8-3-1-2-7-6(8)4-5-9-7/h1-5,8,10H/t8-/m1/s1. The molecule has 2 heteroatoms. The summed E-state index contributed by atoms with van der Waals surface area (Å²) in [5.41, 5.74) is 1.79. The highest BCUT2D eigenvalue weighted by Gasteiger charge is 2.16. The summed E-state index contributed by atoms with van der Waals surface area (Å²) in [4.78, 5) is 4.04. The number of aliphatic imine (C=N–C) groups is 1. The second-order valence-electron chi connectivity index (χ2n) is 2.28. The van der Waals surface area contributed by atoms with Crippen molar-refractivity contribution < 1.29 is 5.11 Å². The van der Waals surface area contributed by atoms with E-state index in [-0.39, 0.29) is 0 Å². The maximum atomic E-state index is 9.30. The topological polar surface area (TPSA) is 32.6 Å². The number of hydrogen-bond donors (Lipinski definition) is 1. The molecule has 0 fully saturated rings. The third kappa shape index (κ3) is 0.660. The Hall–Kier alpha value is -1.15. The lowest BCUT2D eigenvalue weighted by Gasteiger charge is -2.10. The molecule has 0 aromatic rings. The van der Waals surface area contributed by atoms with Gasteiger partial charge in [-0.15, -0.1) is 0 Å². The van der Waals surface area contributed by atoms with Gasteiger partial charge in [0, 0.05) is 11.8 Å². The molecule has 10 heavy (non-hydrogen) atoms. The average molecular weight is 133 g/mol. The second-order valence-corrected chi connectivity index (χ2v) is 2.28. The maximum absolute atomic E-state index is 9.30. The summed E-state index contributed by atoms with van der Waals surface area (Å²) in [5.74, 6) is 0. The minimum absolute atomic E-state index is 0.456. The van der Waals surface area contributed by atoms with E-state index < -0.39 is 6.10 Å². The van der Waals surface area contributed by atoms with Crippen LogP contribution >= 0.6 is 0 Å². The normalized spacial score (nSPS) is 27.9. The van der Waals surface area contributed by atoms with Gasteiger partial charge in [-0.05, 0) is 12.2 Å². The van der Waals surface area contributed by atoms with Gasteiger partial charge in [-0.1, -0.05) is 12.2 Å². The van der Waals surface area contributed by atoms with Crippen LogP contribution in [0.15, 0.2) is 40.6 Å². The summed E-state index contributed by atoms with van der Waals surface area (Å²) in [6, 6.07) is 0. The minimum Gasteiger partial charge on any atom is -0.384 e. The molecule has 2 aliphatic rings. The molecule has 0 saturated heterocycles. The van der Waals surface area contributed by atoms with Gasteiger partial charge in [0.05, 0.1) is 11.8 Å². The summed E-state index contributed by atoms with van der Waals surface area (Å²) < 4.78 is 0. The molecule has 1 N–H and O–H groups in total. The predicted octanol–water partition coefficient (Wildman–Crippen LogP) is 0.812. The van der Waals surface area contributed by atoms with Crippen molar-refractivity contribution in [2.75, 3.05) is 0 Å². The van der Waals surface area contributed by atoms with Crippen LogP contribution < -0.4 is 0 Å². The van der Waals surface area contributed by atoms with E-state index in [1.54, 1.807) is 12.3 Å². The Bertz CT molecular complexity index is 271. The van der Waals surface area contributed by atoms with E-state index in [1.807, 2.05) is 18.2 Å². The Morgan fingerprint density at radius 1 is 1.40 bits per heavy atom. The molecule has 1 heterocycles. The van der Waals surface area contributed by atoms with Crippen molar-refractivity contribution in [1.29, 1.82) is 0 Å². The van der Waals surface area contributed by atoms with Crippen LogP contribution in [0.2, 0.25) is 0 Å². The molecule has 1 atom stereocenters. The zero-order valence-electron chi connectivity index (χ0n) is 5.36. The van der Waals surface area contributed by atoms with Crippen LogP contribution in [0.3, 0.4) is 0 Å². The van der Waals surface area contributed by atoms with Gasteiger partial charge in [0.1, 0.15) is 0 Å². The molecule has 1 aliphatic heterocycles. The van der Waals surface area contributed by atoms with Crippen LogP contribution in [-0.4, -0.2) is 17.4 Å². The number of aliphatic hydroxyl groups excluding tert-OH is 1. The van der Waals surface area contributed by atoms with Gasteiger partial charge in [0.15, 0.2) is 0 Å². The van der Waals surface area contributed by atoms with Gasteiger partial charge in [0.25, 0.3) is 0 Å². The van der Waals surface area contributed by atoms with Gasteiger partial charge in [0.2, 0.25) is 0 Å². The van der Waals surface area contributed by atoms with E-state index in [9.17, 15) is 5.11 Å². The van der Waals surface area contributed by atoms with Gasteiger partial charge >= 0.3 is 0 Å². The summed E-state index contributed by atoms with van der Waals surface area (Å²) in [7, 11) is 0. The number of fused-ring (bicyclic) bond motifs is 1. The summed E-state index contributed by atoms with van der Waals surface area (Å²) >= 11 is 0. The third-order valence-corrected chi connectivity index (χ3v) is 1.63. The maximum Gasteiger partial charge on any atom is 0.0996 e. The second kappa shape index (κ2) is 1.92. The van der Waals surface area contributed by atoms with E-state index in [4.69, 9.17) is 0 Å². The number of aliphatic hydroxyl groups is 1. The van der Waals surface area contributed by atoms with Crippen LogP contribution in [0.5, 0.6) is 0 Å². The van der Waals surface area contributed by atoms with E-state index in [1.165, 1.54) is 0 Å². The molecule has 0 bridgehead atoms. The summed E-state index contributed by atoms with van der Waals surface area (Å²) in [5, 5.41) is 9.30. The van der Waals surface area contributed by atoms with Crippen LogP contribution in [0, 0.1) is 0 Å². The number of nitrogens with zero attached hydrogens (tertiary/aromatic N) is 1. The first kappa shape index (κ1) is 5.62. The highest BCUT2D eigenvalue weighted by molar-refractivity contribution is 5.80. The van der Waals surface area contributed by atoms with Crippen molar-refractivity contribution in [3.63, 3.8) is 0 Å². The summed E-state index contributed by atoms with van der Waals surface area (Å²) in [6.07, 6.45) is 8.53. The Morgan fingerprint density at radius 2 is 2.30 bits per heavy atom. The van der Waals surface area contributed by atoms with E-state index in [0.717, 1.165) is 11.3 Å². The molecule has 0 aromatic carbocycles. The first-order valence-electron chi connectivity index (χ1n) is 3.19. The molecule has 2 nitrogen and oxygen atoms in total. The smallest absolute Gasteiger partial charge is 0.0996 e. The van der Waals surface area contributed by atoms with Gasteiger partial charge in [-0.2, -0.15) is 0 Å². The van der Waals surface area contributed by atoms with Gasteiger partial charge in [-0.25, -0.2) is 0 Å². The van der Waals surface area contributed by atoms with Crippen molar-refractivity contribution in [2.45, 2.75) is 6.10 Å². The first-order chi connectivity index (χ1) is 4.88. The van der Waals surface area contributed by atoms with Crippen LogP contribution in [0.1, 0.15) is 0 Å². The Balaban J connectivity index is 2.45. The molecule has 0 aromatic heterocycles.